The van der Waals surface area contributed by atoms with E-state index < -0.39 is 12.3 Å². The highest BCUT2D eigenvalue weighted by Crippen LogP contribution is 2.38. The van der Waals surface area contributed by atoms with Gasteiger partial charge in [-0.05, 0) is 67.2 Å². The van der Waals surface area contributed by atoms with E-state index >= 15 is 0 Å². The molecule has 0 radical (unpaired) electrons. The van der Waals surface area contributed by atoms with Crippen LogP contribution in [-0.4, -0.2) is 19.0 Å². The molecule has 1 nitrogen and oxygen atoms in total. The summed E-state index contributed by atoms with van der Waals surface area (Å²) in [7, 11) is 0. The summed E-state index contributed by atoms with van der Waals surface area (Å²) in [6.45, 7) is 4.47. The summed E-state index contributed by atoms with van der Waals surface area (Å²) in [5.41, 5.74) is 2.74. The summed E-state index contributed by atoms with van der Waals surface area (Å²) in [5, 5.41) is 0. The van der Waals surface area contributed by atoms with Gasteiger partial charge in [-0.15, -0.1) is 0 Å². The van der Waals surface area contributed by atoms with Crippen LogP contribution >= 0.6 is 0 Å². The van der Waals surface area contributed by atoms with Crippen LogP contribution in [0.1, 0.15) is 75.8 Å². The Kier molecular flexibility index (Phi) is 7.09. The second-order valence-corrected chi connectivity index (χ2v) is 7.92. The molecule has 0 aromatic heterocycles. The van der Waals surface area contributed by atoms with Gasteiger partial charge in [0.15, 0.2) is 6.17 Å². The SMILES string of the molecule is CCCC1CCC(c2ccc(C3=CC=C(OCC)C(F)CC3F)cc2)CC1. The van der Waals surface area contributed by atoms with E-state index in [2.05, 4.69) is 19.1 Å². The number of alkyl halides is 2. The van der Waals surface area contributed by atoms with Gasteiger partial charge in [0.2, 0.25) is 0 Å². The summed E-state index contributed by atoms with van der Waals surface area (Å²) in [5.74, 6) is 1.75. The second kappa shape index (κ2) is 9.52. The Labute approximate surface area is 162 Å². The number of rotatable bonds is 6. The number of hydrogen-bond acceptors (Lipinski definition) is 1. The Morgan fingerprint density at radius 1 is 0.926 bits per heavy atom. The molecule has 3 rings (SSSR count). The van der Waals surface area contributed by atoms with Crippen molar-refractivity contribution < 1.29 is 13.5 Å². The lowest BCUT2D eigenvalue weighted by Gasteiger charge is -2.28. The van der Waals surface area contributed by atoms with Crippen molar-refractivity contribution >= 4 is 5.57 Å². The first-order valence-electron chi connectivity index (χ1n) is 10.5. The van der Waals surface area contributed by atoms with Crippen LogP contribution in [-0.2, 0) is 4.74 Å². The van der Waals surface area contributed by atoms with Crippen LogP contribution < -0.4 is 0 Å². The lowest BCUT2D eigenvalue weighted by atomic mass is 9.77. The minimum atomic E-state index is -1.38. The van der Waals surface area contributed by atoms with Gasteiger partial charge in [-0.3, -0.25) is 0 Å². The molecule has 1 fully saturated rings. The highest BCUT2D eigenvalue weighted by atomic mass is 19.1. The van der Waals surface area contributed by atoms with Crippen molar-refractivity contribution in [2.45, 2.75) is 77.1 Å². The maximum Gasteiger partial charge on any atom is 0.160 e. The third kappa shape index (κ3) is 5.00. The number of allylic oxidation sites excluding steroid dienone is 4. The molecule has 1 aromatic carbocycles. The Morgan fingerprint density at radius 3 is 2.26 bits per heavy atom. The van der Waals surface area contributed by atoms with E-state index in [1.807, 2.05) is 19.1 Å². The van der Waals surface area contributed by atoms with E-state index in [1.165, 1.54) is 44.1 Å². The van der Waals surface area contributed by atoms with Crippen molar-refractivity contribution in [2.75, 3.05) is 6.61 Å². The molecule has 2 aliphatic carbocycles. The van der Waals surface area contributed by atoms with Crippen LogP contribution in [0.5, 0.6) is 0 Å². The standard InChI is InChI=1S/C24H32F2O/c1-3-5-17-6-8-18(9-7-17)19-10-12-20(13-11-19)21-14-15-24(27-4-2)23(26)16-22(21)25/h10-15,17-18,22-23H,3-9,16H2,1-2H3. The lowest BCUT2D eigenvalue weighted by Crippen LogP contribution is -2.14. The minimum absolute atomic E-state index is 0.180. The predicted octanol–water partition coefficient (Wildman–Crippen LogP) is 7.14. The molecule has 0 spiro atoms. The molecular weight excluding hydrogens is 342 g/mol. The topological polar surface area (TPSA) is 9.23 Å². The molecule has 2 atom stereocenters. The second-order valence-electron chi connectivity index (χ2n) is 7.92. The van der Waals surface area contributed by atoms with Crippen molar-refractivity contribution in [3.63, 3.8) is 0 Å². The first kappa shape index (κ1) is 20.1. The number of benzene rings is 1. The van der Waals surface area contributed by atoms with Crippen LogP contribution in [0.4, 0.5) is 8.78 Å². The maximum absolute atomic E-state index is 14.6. The number of ether oxygens (including phenoxy) is 1. The van der Waals surface area contributed by atoms with Gasteiger partial charge in [0.25, 0.3) is 0 Å². The van der Waals surface area contributed by atoms with Gasteiger partial charge >= 0.3 is 0 Å². The van der Waals surface area contributed by atoms with Crippen LogP contribution in [0.3, 0.4) is 0 Å². The average molecular weight is 375 g/mol. The largest absolute Gasteiger partial charge is 0.495 e. The molecule has 0 N–H and O–H groups in total. The molecule has 0 amide bonds. The Morgan fingerprint density at radius 2 is 1.63 bits per heavy atom. The van der Waals surface area contributed by atoms with E-state index in [0.29, 0.717) is 18.1 Å². The molecule has 0 aliphatic heterocycles. The predicted molar refractivity (Wildman–Crippen MR) is 108 cm³/mol. The van der Waals surface area contributed by atoms with Crippen molar-refractivity contribution in [3.05, 3.63) is 53.3 Å². The van der Waals surface area contributed by atoms with Crippen LogP contribution in [0.25, 0.3) is 5.57 Å². The van der Waals surface area contributed by atoms with Gasteiger partial charge in [0.05, 0.1) is 6.61 Å². The van der Waals surface area contributed by atoms with E-state index in [4.69, 9.17) is 4.74 Å². The first-order valence-corrected chi connectivity index (χ1v) is 10.5. The van der Waals surface area contributed by atoms with Gasteiger partial charge in [-0.25, -0.2) is 8.78 Å². The fourth-order valence-electron chi connectivity index (χ4n) is 4.53. The Hall–Kier alpha value is -1.64. The van der Waals surface area contributed by atoms with Gasteiger partial charge in [0, 0.05) is 6.42 Å². The van der Waals surface area contributed by atoms with E-state index in [0.717, 1.165) is 11.5 Å². The fraction of sp³-hybridized carbons (Fsp3) is 0.583. The Balaban J connectivity index is 1.69. The summed E-state index contributed by atoms with van der Waals surface area (Å²) in [6.07, 6.45) is 8.17. The maximum atomic E-state index is 14.6. The molecule has 3 heteroatoms. The zero-order valence-corrected chi connectivity index (χ0v) is 16.6. The summed E-state index contributed by atoms with van der Waals surface area (Å²) >= 11 is 0. The third-order valence-electron chi connectivity index (χ3n) is 6.06. The highest BCUT2D eigenvalue weighted by Gasteiger charge is 2.27. The lowest BCUT2D eigenvalue weighted by molar-refractivity contribution is 0.150. The van der Waals surface area contributed by atoms with Gasteiger partial charge in [-0.1, -0.05) is 50.1 Å². The quantitative estimate of drug-likeness (QED) is 0.514. The van der Waals surface area contributed by atoms with Crippen molar-refractivity contribution in [1.29, 1.82) is 0 Å². The molecule has 1 aromatic rings. The van der Waals surface area contributed by atoms with Crippen LogP contribution in [0, 0.1) is 5.92 Å². The molecule has 2 unspecified atom stereocenters. The van der Waals surface area contributed by atoms with E-state index in [-0.39, 0.29) is 12.2 Å². The molecule has 2 aliphatic rings. The zero-order valence-electron chi connectivity index (χ0n) is 16.6. The fourth-order valence-corrected chi connectivity index (χ4v) is 4.53. The van der Waals surface area contributed by atoms with Gasteiger partial charge < -0.3 is 4.74 Å². The number of halogens is 2. The van der Waals surface area contributed by atoms with Crippen LogP contribution in [0.2, 0.25) is 0 Å². The normalized spacial score (nSPS) is 28.9. The molecule has 27 heavy (non-hydrogen) atoms. The van der Waals surface area contributed by atoms with Gasteiger partial charge in [-0.2, -0.15) is 0 Å². The smallest absolute Gasteiger partial charge is 0.160 e. The van der Waals surface area contributed by atoms with Crippen molar-refractivity contribution in [3.8, 4) is 0 Å². The molecule has 1 saturated carbocycles. The monoisotopic (exact) mass is 374 g/mol. The molecular formula is C24H32F2O. The average Bonchev–Trinajstić information content (AvgIpc) is 2.82. The first-order chi connectivity index (χ1) is 13.1. The highest BCUT2D eigenvalue weighted by molar-refractivity contribution is 5.71. The molecule has 0 heterocycles. The third-order valence-corrected chi connectivity index (χ3v) is 6.06. The summed E-state index contributed by atoms with van der Waals surface area (Å²) in [4.78, 5) is 0. The van der Waals surface area contributed by atoms with Crippen molar-refractivity contribution in [2.24, 2.45) is 5.92 Å². The summed E-state index contributed by atoms with van der Waals surface area (Å²) in [6, 6.07) is 8.27. The summed E-state index contributed by atoms with van der Waals surface area (Å²) < 4.78 is 34.1. The zero-order chi connectivity index (χ0) is 19.2. The molecule has 148 valence electrons. The molecule has 0 saturated heterocycles. The minimum Gasteiger partial charge on any atom is -0.495 e. The van der Waals surface area contributed by atoms with Gasteiger partial charge in [0.1, 0.15) is 11.9 Å². The van der Waals surface area contributed by atoms with E-state index in [1.54, 1.807) is 12.2 Å². The number of hydrogen-bond donors (Lipinski definition) is 0. The van der Waals surface area contributed by atoms with E-state index in [9.17, 15) is 8.78 Å². The Bertz CT molecular complexity index is 653. The molecule has 0 bridgehead atoms. The van der Waals surface area contributed by atoms with Crippen molar-refractivity contribution in [1.82, 2.24) is 0 Å². The van der Waals surface area contributed by atoms with Crippen LogP contribution in [0.15, 0.2) is 42.2 Å².